The average Bonchev–Trinajstić information content (AvgIpc) is 2.50. The van der Waals surface area contributed by atoms with Gasteiger partial charge >= 0.3 is 0 Å². The van der Waals surface area contributed by atoms with Crippen LogP contribution >= 0.6 is 0 Å². The van der Waals surface area contributed by atoms with Crippen molar-refractivity contribution in [3.8, 4) is 0 Å². The van der Waals surface area contributed by atoms with E-state index in [0.29, 0.717) is 0 Å². The molecule has 0 aliphatic heterocycles. The largest absolute Gasteiger partial charge is 1.00 e. The van der Waals surface area contributed by atoms with Crippen molar-refractivity contribution in [2.45, 2.75) is 59.0 Å². The lowest BCUT2D eigenvalue weighted by atomic mass is 10.1. The Kier molecular flexibility index (Phi) is 12.2. The van der Waals surface area contributed by atoms with Gasteiger partial charge in [-0.3, -0.25) is 0 Å². The minimum Gasteiger partial charge on any atom is -1.00 e. The Hall–Kier alpha value is -0.740. The van der Waals surface area contributed by atoms with E-state index in [-0.39, 0.29) is 34.0 Å². The van der Waals surface area contributed by atoms with Crippen LogP contribution in [-0.2, 0) is 13.1 Å². The zero-order valence-electron chi connectivity index (χ0n) is 14.2. The Morgan fingerprint density at radius 2 is 0.870 bits per heavy atom. The van der Waals surface area contributed by atoms with E-state index in [4.69, 9.17) is 0 Å². The summed E-state index contributed by atoms with van der Waals surface area (Å²) in [5.41, 5.74) is 2.67. The predicted molar refractivity (Wildman–Crippen MR) is 85.8 cm³/mol. The third-order valence-electron chi connectivity index (χ3n) is 3.95. The van der Waals surface area contributed by atoms with Gasteiger partial charge in [-0.05, 0) is 37.8 Å². The number of halogens is 2. The molecule has 0 aliphatic rings. The maximum Gasteiger partial charge on any atom is 0.169 e. The quantitative estimate of drug-likeness (QED) is 0.316. The first-order chi connectivity index (χ1) is 10.2. The molecule has 0 radical (unpaired) electrons. The molecule has 2 aromatic heterocycles. The van der Waals surface area contributed by atoms with Crippen molar-refractivity contribution in [1.29, 1.82) is 0 Å². The zero-order valence-corrected chi connectivity index (χ0v) is 17.4. The van der Waals surface area contributed by atoms with Gasteiger partial charge in [-0.25, -0.2) is 9.13 Å². The van der Waals surface area contributed by atoms with Gasteiger partial charge in [-0.1, -0.05) is 6.42 Å². The second-order valence-electron chi connectivity index (χ2n) is 5.99. The van der Waals surface area contributed by atoms with Crippen molar-refractivity contribution in [3.63, 3.8) is 0 Å². The molecule has 0 bridgehead atoms. The molecule has 2 nitrogen and oxygen atoms in total. The number of unbranched alkanes of at least 4 members (excludes halogenated alkanes) is 4. The van der Waals surface area contributed by atoms with Crippen molar-refractivity contribution < 1.29 is 43.1 Å². The van der Waals surface area contributed by atoms with Gasteiger partial charge in [0.15, 0.2) is 24.8 Å². The zero-order chi connectivity index (χ0) is 14.9. The Morgan fingerprint density at radius 1 is 0.565 bits per heavy atom. The minimum atomic E-state index is 0. The van der Waals surface area contributed by atoms with Crippen molar-refractivity contribution >= 4 is 0 Å². The number of hydrogen-bond donors (Lipinski definition) is 0. The van der Waals surface area contributed by atoms with Crippen LogP contribution in [0.25, 0.3) is 0 Å². The Balaban J connectivity index is 0.00000242. The monoisotopic (exact) mass is 442 g/mol. The summed E-state index contributed by atoms with van der Waals surface area (Å²) in [6.45, 7) is 6.56. The van der Waals surface area contributed by atoms with Crippen LogP contribution in [0.3, 0.4) is 0 Å². The topological polar surface area (TPSA) is 7.76 Å². The van der Waals surface area contributed by atoms with Crippen molar-refractivity contribution in [2.24, 2.45) is 0 Å². The molecule has 4 heteroatoms. The molecule has 2 rings (SSSR count). The summed E-state index contributed by atoms with van der Waals surface area (Å²) < 4.78 is 4.57. The van der Waals surface area contributed by atoms with E-state index in [0.717, 1.165) is 13.1 Å². The lowest BCUT2D eigenvalue weighted by molar-refractivity contribution is -0.697. The van der Waals surface area contributed by atoms with Crippen LogP contribution < -0.4 is 43.1 Å². The first-order valence-corrected chi connectivity index (χ1v) is 8.15. The highest BCUT2D eigenvalue weighted by Gasteiger charge is 2.01. The fourth-order valence-corrected chi connectivity index (χ4v) is 2.48. The fourth-order valence-electron chi connectivity index (χ4n) is 2.48. The second-order valence-corrected chi connectivity index (χ2v) is 5.99. The normalized spacial score (nSPS) is 9.83. The fraction of sp³-hybridized carbons (Fsp3) is 0.474. The number of pyridine rings is 2. The van der Waals surface area contributed by atoms with Gasteiger partial charge in [0.25, 0.3) is 0 Å². The molecule has 0 aliphatic carbocycles. The van der Waals surface area contributed by atoms with Crippen LogP contribution in [-0.4, -0.2) is 0 Å². The van der Waals surface area contributed by atoms with Gasteiger partial charge in [0.1, 0.15) is 13.1 Å². The first kappa shape index (κ1) is 22.3. The molecule has 0 aromatic carbocycles. The maximum atomic E-state index is 2.29. The van der Waals surface area contributed by atoms with E-state index < -0.39 is 0 Å². The van der Waals surface area contributed by atoms with E-state index in [1.165, 1.54) is 43.2 Å². The maximum absolute atomic E-state index is 2.29. The molecule has 2 aromatic rings. The molecule has 0 amide bonds. The molecular formula is C19H28Br2N2. The highest BCUT2D eigenvalue weighted by Crippen LogP contribution is 2.03. The van der Waals surface area contributed by atoms with E-state index in [1.807, 2.05) is 0 Å². The molecule has 0 unspecified atom stereocenters. The number of aryl methyl sites for hydroxylation is 4. The summed E-state index contributed by atoms with van der Waals surface area (Å²) in [5.74, 6) is 0. The Bertz CT molecular complexity index is 475. The van der Waals surface area contributed by atoms with Crippen LogP contribution in [0, 0.1) is 13.8 Å². The van der Waals surface area contributed by atoms with E-state index in [1.54, 1.807) is 0 Å². The third kappa shape index (κ3) is 9.21. The van der Waals surface area contributed by atoms with E-state index in [9.17, 15) is 0 Å². The van der Waals surface area contributed by atoms with Crippen LogP contribution in [0.1, 0.15) is 43.2 Å². The molecule has 0 spiro atoms. The second kappa shape index (κ2) is 12.7. The van der Waals surface area contributed by atoms with Crippen molar-refractivity contribution in [3.05, 3.63) is 60.2 Å². The van der Waals surface area contributed by atoms with E-state index in [2.05, 4.69) is 72.0 Å². The summed E-state index contributed by atoms with van der Waals surface area (Å²) in [5, 5.41) is 0. The van der Waals surface area contributed by atoms with Gasteiger partial charge in [0.05, 0.1) is 0 Å². The molecule has 23 heavy (non-hydrogen) atoms. The van der Waals surface area contributed by atoms with Gasteiger partial charge in [0.2, 0.25) is 0 Å². The number of nitrogens with zero attached hydrogens (tertiary/aromatic N) is 2. The van der Waals surface area contributed by atoms with Crippen molar-refractivity contribution in [1.82, 2.24) is 0 Å². The highest BCUT2D eigenvalue weighted by atomic mass is 79.9. The van der Waals surface area contributed by atoms with Crippen LogP contribution in [0.5, 0.6) is 0 Å². The van der Waals surface area contributed by atoms with Crippen molar-refractivity contribution in [2.75, 3.05) is 0 Å². The summed E-state index contributed by atoms with van der Waals surface area (Å²) in [4.78, 5) is 0. The highest BCUT2D eigenvalue weighted by molar-refractivity contribution is 5.03. The molecule has 0 N–H and O–H groups in total. The average molecular weight is 444 g/mol. The molecule has 0 saturated carbocycles. The van der Waals surface area contributed by atoms with Gasteiger partial charge in [-0.2, -0.15) is 0 Å². The summed E-state index contributed by atoms with van der Waals surface area (Å²) in [6.07, 6.45) is 15.3. The van der Waals surface area contributed by atoms with E-state index >= 15 is 0 Å². The number of rotatable bonds is 8. The SMILES string of the molecule is Cc1cc[n+](CCCCCCC[n+]2ccc(C)cc2)cc1.[Br-].[Br-]. The molecule has 0 atom stereocenters. The smallest absolute Gasteiger partial charge is 0.169 e. The summed E-state index contributed by atoms with van der Waals surface area (Å²) >= 11 is 0. The number of hydrogen-bond acceptors (Lipinski definition) is 0. The lowest BCUT2D eigenvalue weighted by Crippen LogP contribution is -3.00. The molecule has 0 saturated heterocycles. The Morgan fingerprint density at radius 3 is 1.22 bits per heavy atom. The summed E-state index contributed by atoms with van der Waals surface area (Å²) in [6, 6.07) is 8.72. The standard InChI is InChI=1S/C19H28N2.2BrH/c1-18-8-14-20(15-9-18)12-6-4-3-5-7-13-21-16-10-19(2)11-17-21;;/h8-11,14-17H,3-7,12-13H2,1-2H3;2*1H/q+2;;/p-2. The van der Waals surface area contributed by atoms with Crippen LogP contribution in [0.2, 0.25) is 0 Å². The number of aromatic nitrogens is 2. The molecule has 0 fully saturated rings. The van der Waals surface area contributed by atoms with Gasteiger partial charge < -0.3 is 34.0 Å². The third-order valence-corrected chi connectivity index (χ3v) is 3.95. The van der Waals surface area contributed by atoms with Crippen LogP contribution in [0.4, 0.5) is 0 Å². The summed E-state index contributed by atoms with van der Waals surface area (Å²) in [7, 11) is 0. The molecule has 128 valence electrons. The minimum absolute atomic E-state index is 0. The van der Waals surface area contributed by atoms with Gasteiger partial charge in [-0.15, -0.1) is 0 Å². The molecule has 2 heterocycles. The predicted octanol–water partition coefficient (Wildman–Crippen LogP) is -2.46. The van der Waals surface area contributed by atoms with Gasteiger partial charge in [0, 0.05) is 37.1 Å². The lowest BCUT2D eigenvalue weighted by Gasteiger charge is -2.00. The Labute approximate surface area is 162 Å². The molecular weight excluding hydrogens is 416 g/mol. The first-order valence-electron chi connectivity index (χ1n) is 8.15. The van der Waals surface area contributed by atoms with Crippen LogP contribution in [0.15, 0.2) is 49.1 Å².